The standard InChI is InChI=1S/5Al.Y. The fourth-order valence-electron chi connectivity index (χ4n) is 0. The largest absolute Gasteiger partial charge is 0 e. The molecule has 0 fully saturated rings. The molecular formula is Al5Y. The van der Waals surface area contributed by atoms with Crippen LogP contribution in [0.2, 0.25) is 0 Å². The number of rotatable bonds is 0. The van der Waals surface area contributed by atoms with E-state index in [-0.39, 0.29) is 120 Å². The van der Waals surface area contributed by atoms with Crippen molar-refractivity contribution in [1.29, 1.82) is 0 Å². The van der Waals surface area contributed by atoms with Gasteiger partial charge in [-0.3, -0.25) is 0 Å². The van der Waals surface area contributed by atoms with Crippen LogP contribution in [0, 0.1) is 0 Å². The van der Waals surface area contributed by atoms with Crippen LogP contribution in [0.15, 0.2) is 0 Å². The molecule has 0 aliphatic carbocycles. The van der Waals surface area contributed by atoms with Gasteiger partial charge in [-0.2, -0.15) is 0 Å². The van der Waals surface area contributed by atoms with E-state index in [9.17, 15) is 0 Å². The topological polar surface area (TPSA) is 0 Å². The SMILES string of the molecule is [Al].[Al].[Al].[Al].[Al].[Y]. The minimum atomic E-state index is 0. The Morgan fingerprint density at radius 2 is 0.333 bits per heavy atom. The average Bonchev–Trinajstić information content (AvgIpc) is 0. The Labute approximate surface area is 117 Å². The van der Waals surface area contributed by atoms with E-state index in [0.717, 1.165) is 0 Å². The third kappa shape index (κ3) is 25.1. The quantitative estimate of drug-likeness (QED) is 0.421. The molecule has 0 aromatic heterocycles. The van der Waals surface area contributed by atoms with Crippen molar-refractivity contribution in [1.82, 2.24) is 0 Å². The van der Waals surface area contributed by atoms with E-state index < -0.39 is 0 Å². The van der Waals surface area contributed by atoms with Crippen molar-refractivity contribution in [3.8, 4) is 0 Å². The average molecular weight is 224 g/mol. The summed E-state index contributed by atoms with van der Waals surface area (Å²) in [6.07, 6.45) is 0. The summed E-state index contributed by atoms with van der Waals surface area (Å²) in [6.45, 7) is 0. The van der Waals surface area contributed by atoms with Crippen molar-refractivity contribution in [2.24, 2.45) is 0 Å². The Kier molecular flexibility index (Phi) is 329. The predicted molar refractivity (Wildman–Crippen MR) is 28.8 cm³/mol. The minimum Gasteiger partial charge on any atom is 0 e. The van der Waals surface area contributed by atoms with Gasteiger partial charge in [0.25, 0.3) is 0 Å². The predicted octanol–water partition coefficient (Wildman–Crippen LogP) is -1.91. The second-order valence-electron chi connectivity index (χ2n) is 0. The molecule has 0 unspecified atom stereocenters. The van der Waals surface area contributed by atoms with Gasteiger partial charge >= 0.3 is 0 Å². The molecule has 0 saturated carbocycles. The van der Waals surface area contributed by atoms with Crippen LogP contribution >= 0.6 is 0 Å². The third-order valence-corrected chi connectivity index (χ3v) is 0. The molecule has 0 nitrogen and oxygen atoms in total. The maximum absolute atomic E-state index is 0. The maximum Gasteiger partial charge on any atom is 0 e. The zero-order valence-corrected chi connectivity index (χ0v) is 12.1. The van der Waals surface area contributed by atoms with E-state index in [0.29, 0.717) is 0 Å². The second kappa shape index (κ2) is 37.3. The molecule has 0 aromatic rings. The summed E-state index contributed by atoms with van der Waals surface area (Å²) in [5.74, 6) is 0. The van der Waals surface area contributed by atoms with Crippen LogP contribution in [0.5, 0.6) is 0 Å². The van der Waals surface area contributed by atoms with Gasteiger partial charge in [0.15, 0.2) is 0 Å². The van der Waals surface area contributed by atoms with Crippen molar-refractivity contribution in [2.45, 2.75) is 0 Å². The van der Waals surface area contributed by atoms with E-state index in [1.54, 1.807) is 0 Å². The Morgan fingerprint density at radius 3 is 0.333 bits per heavy atom. The van der Waals surface area contributed by atoms with Gasteiger partial charge in [0.05, 0.1) is 0 Å². The molecule has 0 aliphatic rings. The first-order valence-corrected chi connectivity index (χ1v) is 0. The monoisotopic (exact) mass is 224 g/mol. The van der Waals surface area contributed by atoms with E-state index >= 15 is 0 Å². The Morgan fingerprint density at radius 1 is 0.333 bits per heavy atom. The fraction of sp³-hybridized carbons (Fsp3) is 0. The van der Waals surface area contributed by atoms with Crippen LogP contribution in [-0.2, 0) is 32.7 Å². The van der Waals surface area contributed by atoms with Crippen molar-refractivity contribution in [2.75, 3.05) is 0 Å². The van der Waals surface area contributed by atoms with Crippen LogP contribution in [0.1, 0.15) is 0 Å². The zero-order chi connectivity index (χ0) is 0. The summed E-state index contributed by atoms with van der Waals surface area (Å²) in [7, 11) is 0. The van der Waals surface area contributed by atoms with Gasteiger partial charge in [-0.05, 0) is 0 Å². The van der Waals surface area contributed by atoms with E-state index in [4.69, 9.17) is 0 Å². The smallest absolute Gasteiger partial charge is 0 e. The first kappa shape index (κ1) is 52.9. The number of hydrogen-bond acceptors (Lipinski definition) is 0. The van der Waals surface area contributed by atoms with Gasteiger partial charge in [-0.25, -0.2) is 0 Å². The van der Waals surface area contributed by atoms with Crippen molar-refractivity contribution in [3.63, 3.8) is 0 Å². The molecule has 6 heteroatoms. The second-order valence-corrected chi connectivity index (χ2v) is 0. The van der Waals surface area contributed by atoms with Crippen LogP contribution in [-0.4, -0.2) is 86.8 Å². The van der Waals surface area contributed by atoms with Gasteiger partial charge < -0.3 is 0 Å². The van der Waals surface area contributed by atoms with Crippen LogP contribution in [0.25, 0.3) is 0 Å². The first-order chi connectivity index (χ1) is 0. The molecule has 0 spiro atoms. The molecular weight excluding hydrogens is 224 g/mol. The summed E-state index contributed by atoms with van der Waals surface area (Å²) < 4.78 is 0. The molecule has 0 aromatic carbocycles. The van der Waals surface area contributed by atoms with Crippen LogP contribution < -0.4 is 0 Å². The normalized spacial score (nSPS) is 0. The Hall–Kier alpha value is 3.77. The van der Waals surface area contributed by atoms with Crippen LogP contribution in [0.4, 0.5) is 0 Å². The van der Waals surface area contributed by atoms with Crippen LogP contribution in [0.3, 0.4) is 0 Å². The van der Waals surface area contributed by atoms with E-state index in [1.807, 2.05) is 0 Å². The van der Waals surface area contributed by atoms with E-state index in [1.165, 1.54) is 0 Å². The minimum absolute atomic E-state index is 0. The molecule has 0 saturated heterocycles. The molecule has 0 N–H and O–H groups in total. The summed E-state index contributed by atoms with van der Waals surface area (Å²) in [5.41, 5.74) is 0. The summed E-state index contributed by atoms with van der Waals surface area (Å²) in [4.78, 5) is 0. The molecule has 16 radical (unpaired) electrons. The summed E-state index contributed by atoms with van der Waals surface area (Å²) in [5, 5.41) is 0. The molecule has 0 amide bonds. The van der Waals surface area contributed by atoms with Gasteiger partial charge in [-0.1, -0.05) is 0 Å². The van der Waals surface area contributed by atoms with Gasteiger partial charge in [-0.15, -0.1) is 0 Å². The van der Waals surface area contributed by atoms with Crippen molar-refractivity contribution in [3.05, 3.63) is 0 Å². The molecule has 0 rings (SSSR count). The van der Waals surface area contributed by atoms with Gasteiger partial charge in [0.1, 0.15) is 0 Å². The van der Waals surface area contributed by atoms with Crippen molar-refractivity contribution < 1.29 is 32.7 Å². The molecule has 6 heavy (non-hydrogen) atoms. The van der Waals surface area contributed by atoms with Gasteiger partial charge in [0.2, 0.25) is 0 Å². The maximum atomic E-state index is 0. The summed E-state index contributed by atoms with van der Waals surface area (Å²) >= 11 is 0. The van der Waals surface area contributed by atoms with E-state index in [2.05, 4.69) is 0 Å². The number of hydrogen-bond donors (Lipinski definition) is 0. The van der Waals surface area contributed by atoms with Crippen molar-refractivity contribution >= 4 is 86.8 Å². The fourth-order valence-corrected chi connectivity index (χ4v) is 0. The van der Waals surface area contributed by atoms with Gasteiger partial charge in [0, 0.05) is 120 Å². The molecule has 0 bridgehead atoms. The molecule has 18 valence electrons. The molecule has 0 heterocycles. The first-order valence-electron chi connectivity index (χ1n) is 0. The Bertz CT molecular complexity index is 3.90. The summed E-state index contributed by atoms with van der Waals surface area (Å²) in [6, 6.07) is 0. The molecule has 0 atom stereocenters. The third-order valence-electron chi connectivity index (χ3n) is 0. The zero-order valence-electron chi connectivity index (χ0n) is 3.46. The molecule has 0 aliphatic heterocycles. The Balaban J connectivity index is 0.